The van der Waals surface area contributed by atoms with Gasteiger partial charge in [0.05, 0.1) is 11.4 Å². The van der Waals surface area contributed by atoms with Crippen molar-refractivity contribution in [2.75, 3.05) is 0 Å². The van der Waals surface area contributed by atoms with Gasteiger partial charge in [0.15, 0.2) is 5.82 Å². The summed E-state index contributed by atoms with van der Waals surface area (Å²) in [7, 11) is 0. The number of hydrogen-bond donors (Lipinski definition) is 1. The monoisotopic (exact) mass is 849 g/mol. The van der Waals surface area contributed by atoms with E-state index in [1.165, 1.54) is 47.6 Å². The summed E-state index contributed by atoms with van der Waals surface area (Å²) < 4.78 is 2.56. The first kappa shape index (κ1) is 38.7. The van der Waals surface area contributed by atoms with E-state index >= 15 is 0 Å². The van der Waals surface area contributed by atoms with Gasteiger partial charge < -0.3 is 10.6 Å². The minimum Gasteiger partial charge on any atom is -0.666 e. The Morgan fingerprint density at radius 2 is 1.06 bits per heavy atom. The number of hydrogen-bond acceptors (Lipinski definition) is 4. The quantitative estimate of drug-likeness (QED) is 0.166. The molecule has 12 rings (SSSR count). The van der Waals surface area contributed by atoms with Crippen molar-refractivity contribution < 1.29 is 0 Å². The van der Waals surface area contributed by atoms with Crippen LogP contribution in [0.3, 0.4) is 0 Å². The molecule has 1 N–H and O–H groups in total. The van der Waals surface area contributed by atoms with Crippen LogP contribution < -0.4 is 5.32 Å². The molecule has 11 aromatic rings. The topological polar surface area (TPSA) is 51.9 Å². The van der Waals surface area contributed by atoms with Crippen molar-refractivity contribution in [2.24, 2.45) is 0 Å². The van der Waals surface area contributed by atoms with Crippen molar-refractivity contribution in [3.8, 4) is 56.2 Å². The largest absolute Gasteiger partial charge is 0.666 e. The molecular weight excluding hydrogens is 809 g/mol. The second kappa shape index (κ2) is 16.6. The molecule has 1 aliphatic rings. The van der Waals surface area contributed by atoms with Gasteiger partial charge in [0, 0.05) is 48.5 Å². The van der Waals surface area contributed by atoms with Gasteiger partial charge in [0.25, 0.3) is 0 Å². The van der Waals surface area contributed by atoms with Crippen molar-refractivity contribution in [1.29, 1.82) is 0 Å². The molecule has 5 heteroatoms. The van der Waals surface area contributed by atoms with Crippen LogP contribution in [0.25, 0.3) is 98.1 Å². The first-order valence-corrected chi connectivity index (χ1v) is 22.9. The number of rotatable bonds is 8. The number of aromatic nitrogens is 2. The van der Waals surface area contributed by atoms with E-state index in [1.807, 2.05) is 17.4 Å². The Kier molecular flexibility index (Phi) is 9.90. The number of benzene rings is 9. The highest BCUT2D eigenvalue weighted by Crippen LogP contribution is 2.46. The minimum absolute atomic E-state index is 0.0199. The fraction of sp³-hybridized carbons (Fsp3) is 0.0333. The second-order valence-electron chi connectivity index (χ2n) is 16.5. The van der Waals surface area contributed by atoms with Gasteiger partial charge in [-0.1, -0.05) is 218 Å². The van der Waals surface area contributed by atoms with Crippen LogP contribution in [0.4, 0.5) is 0 Å². The fourth-order valence-electron chi connectivity index (χ4n) is 9.27. The molecule has 2 unspecified atom stereocenters. The summed E-state index contributed by atoms with van der Waals surface area (Å²) in [5, 5.41) is 14.0. The highest BCUT2D eigenvalue weighted by Gasteiger charge is 2.20. The Morgan fingerprint density at radius 3 is 1.85 bits per heavy atom. The van der Waals surface area contributed by atoms with E-state index in [1.54, 1.807) is 0 Å². The van der Waals surface area contributed by atoms with Gasteiger partial charge in [-0.3, -0.25) is 0 Å². The lowest BCUT2D eigenvalue weighted by Crippen LogP contribution is -2.28. The van der Waals surface area contributed by atoms with Gasteiger partial charge in [-0.05, 0) is 62.5 Å². The van der Waals surface area contributed by atoms with Crippen LogP contribution in [0.15, 0.2) is 231 Å². The third-order valence-electron chi connectivity index (χ3n) is 12.5. The molecule has 1 aliphatic heterocycles. The Bertz CT molecular complexity index is 3520. The van der Waals surface area contributed by atoms with E-state index in [9.17, 15) is 0 Å². The standard InChI is InChI=1S/C60H41N4S/c1-4-16-41(17-5-1)52-37-53(42-18-6-2-7-19-42)62-59(61-52)46-33-29-44(30-34-46)57-48(35-36-51-50-24-12-13-26-56(50)65-58(51)57)40-27-31-45(32-28-40)60-63-54(43-20-8-3-9-21-43)38-55(64-60)49-25-14-22-39-15-10-11-23-47(39)49/h1-38,52,59,61H/q-1. The van der Waals surface area contributed by atoms with Gasteiger partial charge in [0.1, 0.15) is 0 Å². The van der Waals surface area contributed by atoms with Crippen LogP contribution >= 0.6 is 11.3 Å². The van der Waals surface area contributed by atoms with E-state index in [0.717, 1.165) is 56.0 Å². The van der Waals surface area contributed by atoms with Crippen LogP contribution in [0.1, 0.15) is 28.9 Å². The molecular formula is C60H41N4S-. The van der Waals surface area contributed by atoms with Gasteiger partial charge in [-0.2, -0.15) is 0 Å². The molecule has 65 heavy (non-hydrogen) atoms. The summed E-state index contributed by atoms with van der Waals surface area (Å²) in [6.45, 7) is 0. The van der Waals surface area contributed by atoms with E-state index < -0.39 is 0 Å². The zero-order valence-corrected chi connectivity index (χ0v) is 36.2. The number of nitrogens with zero attached hydrogens (tertiary/aromatic N) is 3. The fourth-order valence-corrected chi connectivity index (χ4v) is 10.5. The van der Waals surface area contributed by atoms with Crippen molar-refractivity contribution >= 4 is 48.0 Å². The maximum atomic E-state index is 5.28. The predicted molar refractivity (Wildman–Crippen MR) is 272 cm³/mol. The van der Waals surface area contributed by atoms with Gasteiger partial charge in [0.2, 0.25) is 0 Å². The van der Waals surface area contributed by atoms with Crippen molar-refractivity contribution in [1.82, 2.24) is 15.3 Å². The molecule has 0 bridgehead atoms. The third kappa shape index (κ3) is 7.37. The average molecular weight is 850 g/mol. The first-order valence-electron chi connectivity index (χ1n) is 22.1. The molecule has 0 fully saturated rings. The Hall–Kier alpha value is -7.96. The van der Waals surface area contributed by atoms with E-state index in [4.69, 9.17) is 15.3 Å². The Labute approximate surface area is 382 Å². The van der Waals surface area contributed by atoms with Crippen LogP contribution in [0.2, 0.25) is 0 Å². The molecule has 0 radical (unpaired) electrons. The Morgan fingerprint density at radius 1 is 0.431 bits per heavy atom. The molecule has 0 saturated carbocycles. The van der Waals surface area contributed by atoms with Gasteiger partial charge in [-0.25, -0.2) is 9.97 Å². The molecule has 3 heterocycles. The summed E-state index contributed by atoms with van der Waals surface area (Å²) in [6.07, 6.45) is 2.02. The highest BCUT2D eigenvalue weighted by molar-refractivity contribution is 7.26. The van der Waals surface area contributed by atoms with E-state index in [2.05, 4.69) is 230 Å². The summed E-state index contributed by atoms with van der Waals surface area (Å²) in [4.78, 5) is 10.4. The molecule has 9 aromatic carbocycles. The summed E-state index contributed by atoms with van der Waals surface area (Å²) in [5.74, 6) is 0.693. The maximum Gasteiger partial charge on any atom is 0.160 e. The van der Waals surface area contributed by atoms with Crippen molar-refractivity contribution in [3.63, 3.8) is 0 Å². The molecule has 0 aliphatic carbocycles. The molecule has 4 nitrogen and oxygen atoms in total. The molecule has 0 amide bonds. The van der Waals surface area contributed by atoms with E-state index in [-0.39, 0.29) is 12.2 Å². The predicted octanol–water partition coefficient (Wildman–Crippen LogP) is 16.1. The summed E-state index contributed by atoms with van der Waals surface area (Å²) >= 11 is 1.86. The lowest BCUT2D eigenvalue weighted by atomic mass is 9.91. The molecule has 0 spiro atoms. The Balaban J connectivity index is 0.938. The lowest BCUT2D eigenvalue weighted by Gasteiger charge is -2.44. The van der Waals surface area contributed by atoms with Crippen LogP contribution in [-0.2, 0) is 0 Å². The normalized spacial score (nSPS) is 14.9. The van der Waals surface area contributed by atoms with Crippen LogP contribution in [0, 0.1) is 0 Å². The maximum absolute atomic E-state index is 5.28. The van der Waals surface area contributed by atoms with Crippen LogP contribution in [0.5, 0.6) is 0 Å². The smallest absolute Gasteiger partial charge is 0.160 e. The molecule has 2 atom stereocenters. The first-order chi connectivity index (χ1) is 32.2. The zero-order valence-electron chi connectivity index (χ0n) is 35.3. The molecule has 308 valence electrons. The SMILES string of the molecule is C1=C(c2ccccc2)[N-]C(c2ccc(-c3c(-c4ccc(-c5nc(-c6ccccc6)cc(-c6cccc7ccccc67)n5)cc4)ccc4c3sc3ccccc34)cc2)NC1c1ccccc1. The van der Waals surface area contributed by atoms with Gasteiger partial charge >= 0.3 is 0 Å². The zero-order chi connectivity index (χ0) is 43.1. The van der Waals surface area contributed by atoms with Crippen LogP contribution in [-0.4, -0.2) is 9.97 Å². The van der Waals surface area contributed by atoms with Gasteiger partial charge in [-0.15, -0.1) is 17.0 Å². The number of fused-ring (bicyclic) bond motifs is 4. The second-order valence-corrected chi connectivity index (χ2v) is 17.6. The van der Waals surface area contributed by atoms with Crippen molar-refractivity contribution in [3.05, 3.63) is 253 Å². The average Bonchev–Trinajstić information content (AvgIpc) is 3.78. The number of nitrogens with one attached hydrogen (secondary N) is 1. The minimum atomic E-state index is -0.217. The number of thiophene rings is 1. The summed E-state index contributed by atoms with van der Waals surface area (Å²) in [5.41, 5.74) is 14.0. The van der Waals surface area contributed by atoms with E-state index in [0.29, 0.717) is 5.82 Å². The lowest BCUT2D eigenvalue weighted by molar-refractivity contribution is 0.541. The highest BCUT2D eigenvalue weighted by atomic mass is 32.1. The third-order valence-corrected chi connectivity index (χ3v) is 13.7. The summed E-state index contributed by atoms with van der Waals surface area (Å²) in [6, 6.07) is 79.7. The molecule has 2 aromatic heterocycles. The molecule has 0 saturated heterocycles. The van der Waals surface area contributed by atoms with Crippen molar-refractivity contribution in [2.45, 2.75) is 12.2 Å².